The SMILES string of the molecule is CCCCCC[C@@H]1[C@@H](CCC(O)/C=C/c2cccc(F)c2)[C@H](O)C[C@@H]1O. The minimum absolute atomic E-state index is 0.0452. The predicted octanol–water partition coefficient (Wildman–Crippen LogP) is 4.31. The van der Waals surface area contributed by atoms with Gasteiger partial charge in [0.05, 0.1) is 18.3 Å². The van der Waals surface area contributed by atoms with Gasteiger partial charge in [-0.2, -0.15) is 0 Å². The molecule has 1 fully saturated rings. The van der Waals surface area contributed by atoms with Crippen LogP contribution in [0.5, 0.6) is 0 Å². The van der Waals surface area contributed by atoms with Gasteiger partial charge in [-0.25, -0.2) is 4.39 Å². The van der Waals surface area contributed by atoms with Crippen molar-refractivity contribution in [3.05, 3.63) is 41.7 Å². The monoisotopic (exact) mass is 364 g/mol. The number of halogens is 1. The van der Waals surface area contributed by atoms with Gasteiger partial charge in [-0.3, -0.25) is 0 Å². The van der Waals surface area contributed by atoms with Crippen LogP contribution in [-0.2, 0) is 0 Å². The summed E-state index contributed by atoms with van der Waals surface area (Å²) in [4.78, 5) is 0. The van der Waals surface area contributed by atoms with Crippen LogP contribution in [-0.4, -0.2) is 33.6 Å². The molecule has 146 valence electrons. The molecule has 1 aromatic rings. The summed E-state index contributed by atoms with van der Waals surface area (Å²) >= 11 is 0. The van der Waals surface area contributed by atoms with Gasteiger partial charge >= 0.3 is 0 Å². The Morgan fingerprint density at radius 1 is 1.12 bits per heavy atom. The minimum atomic E-state index is -0.635. The molecule has 1 aliphatic carbocycles. The van der Waals surface area contributed by atoms with Crippen LogP contribution in [0.2, 0.25) is 0 Å². The molecule has 0 heterocycles. The second kappa shape index (κ2) is 10.8. The molecule has 0 spiro atoms. The van der Waals surface area contributed by atoms with E-state index in [0.717, 1.165) is 12.8 Å². The summed E-state index contributed by atoms with van der Waals surface area (Å²) in [5.74, 6) is -0.124. The van der Waals surface area contributed by atoms with E-state index in [0.29, 0.717) is 24.8 Å². The minimum Gasteiger partial charge on any atom is -0.393 e. The molecule has 1 aromatic carbocycles. The quantitative estimate of drug-likeness (QED) is 0.542. The summed E-state index contributed by atoms with van der Waals surface area (Å²) in [6.07, 6.45) is 9.08. The third-order valence-electron chi connectivity index (χ3n) is 5.57. The third-order valence-corrected chi connectivity index (χ3v) is 5.57. The molecular formula is C22H33FO3. The molecule has 0 saturated heterocycles. The first kappa shape index (κ1) is 21.1. The third kappa shape index (κ3) is 6.49. The molecule has 0 amide bonds. The molecule has 0 radical (unpaired) electrons. The lowest BCUT2D eigenvalue weighted by atomic mass is 9.85. The van der Waals surface area contributed by atoms with E-state index < -0.39 is 18.3 Å². The highest BCUT2D eigenvalue weighted by molar-refractivity contribution is 5.49. The van der Waals surface area contributed by atoms with Crippen molar-refractivity contribution in [3.63, 3.8) is 0 Å². The van der Waals surface area contributed by atoms with Gasteiger partial charge < -0.3 is 15.3 Å². The molecule has 3 N–H and O–H groups in total. The highest BCUT2D eigenvalue weighted by atomic mass is 19.1. The molecule has 0 bridgehead atoms. The Kier molecular flexibility index (Phi) is 8.76. The van der Waals surface area contributed by atoms with Gasteiger partial charge in [0.25, 0.3) is 0 Å². The first-order valence-corrected chi connectivity index (χ1v) is 9.99. The molecule has 26 heavy (non-hydrogen) atoms. The fourth-order valence-corrected chi connectivity index (χ4v) is 4.08. The van der Waals surface area contributed by atoms with Crippen molar-refractivity contribution in [3.8, 4) is 0 Å². The van der Waals surface area contributed by atoms with Gasteiger partial charge in [0.15, 0.2) is 0 Å². The number of unbranched alkanes of at least 4 members (excludes halogenated alkanes) is 3. The van der Waals surface area contributed by atoms with E-state index >= 15 is 0 Å². The number of hydrogen-bond donors (Lipinski definition) is 3. The van der Waals surface area contributed by atoms with Gasteiger partial charge in [0.1, 0.15) is 5.82 Å². The Morgan fingerprint density at radius 2 is 1.85 bits per heavy atom. The molecule has 1 saturated carbocycles. The second-order valence-corrected chi connectivity index (χ2v) is 7.61. The zero-order valence-corrected chi connectivity index (χ0v) is 15.7. The number of benzene rings is 1. The smallest absolute Gasteiger partial charge is 0.123 e. The molecule has 3 nitrogen and oxygen atoms in total. The lowest BCUT2D eigenvalue weighted by Crippen LogP contribution is -2.23. The topological polar surface area (TPSA) is 60.7 Å². The van der Waals surface area contributed by atoms with Crippen LogP contribution >= 0.6 is 0 Å². The summed E-state index contributed by atoms with van der Waals surface area (Å²) in [5, 5.41) is 30.7. The van der Waals surface area contributed by atoms with Crippen LogP contribution in [0, 0.1) is 17.7 Å². The van der Waals surface area contributed by atoms with Gasteiger partial charge in [-0.05, 0) is 55.2 Å². The van der Waals surface area contributed by atoms with E-state index in [1.807, 2.05) is 0 Å². The summed E-state index contributed by atoms with van der Waals surface area (Å²) in [6.45, 7) is 2.18. The standard InChI is InChI=1S/C22H33FO3/c1-2-3-4-5-9-19-20(22(26)15-21(19)25)13-12-18(24)11-10-16-7-6-8-17(23)14-16/h6-8,10-11,14,18-22,24-26H,2-5,9,12-13,15H2,1H3/b11-10+/t18?,19-,20-,21+,22-/m1/s1. The molecule has 5 atom stereocenters. The number of aliphatic hydroxyl groups excluding tert-OH is 3. The lowest BCUT2D eigenvalue weighted by molar-refractivity contribution is 0.0903. The van der Waals surface area contributed by atoms with E-state index in [1.54, 1.807) is 24.3 Å². The van der Waals surface area contributed by atoms with Crippen molar-refractivity contribution >= 4 is 6.08 Å². The average molecular weight is 365 g/mol. The number of aliphatic hydroxyl groups is 3. The van der Waals surface area contributed by atoms with Crippen LogP contribution in [0.1, 0.15) is 63.9 Å². The van der Waals surface area contributed by atoms with E-state index in [1.165, 1.54) is 31.4 Å². The molecule has 0 aromatic heterocycles. The highest BCUT2D eigenvalue weighted by Gasteiger charge is 2.40. The van der Waals surface area contributed by atoms with Gasteiger partial charge in [-0.15, -0.1) is 0 Å². The van der Waals surface area contributed by atoms with Crippen LogP contribution in [0.3, 0.4) is 0 Å². The summed E-state index contributed by atoms with van der Waals surface area (Å²) in [6, 6.07) is 6.24. The molecule has 2 rings (SSSR count). The predicted molar refractivity (Wildman–Crippen MR) is 103 cm³/mol. The molecule has 1 unspecified atom stereocenters. The largest absolute Gasteiger partial charge is 0.393 e. The molecule has 4 heteroatoms. The van der Waals surface area contributed by atoms with E-state index in [-0.39, 0.29) is 17.7 Å². The molecule has 0 aliphatic heterocycles. The van der Waals surface area contributed by atoms with Crippen molar-refractivity contribution in [2.45, 2.75) is 76.6 Å². The Hall–Kier alpha value is -1.23. The average Bonchev–Trinajstić information content (AvgIpc) is 2.88. The fraction of sp³-hybridized carbons (Fsp3) is 0.636. The van der Waals surface area contributed by atoms with Crippen LogP contribution < -0.4 is 0 Å². The van der Waals surface area contributed by atoms with Gasteiger partial charge in [0.2, 0.25) is 0 Å². The molecular weight excluding hydrogens is 331 g/mol. The van der Waals surface area contributed by atoms with E-state index in [2.05, 4.69) is 6.92 Å². The van der Waals surface area contributed by atoms with Crippen molar-refractivity contribution in [1.29, 1.82) is 0 Å². The number of hydrogen-bond acceptors (Lipinski definition) is 3. The first-order chi connectivity index (χ1) is 12.5. The van der Waals surface area contributed by atoms with Gasteiger partial charge in [0, 0.05) is 0 Å². The lowest BCUT2D eigenvalue weighted by Gasteiger charge is -2.24. The maximum atomic E-state index is 13.2. The van der Waals surface area contributed by atoms with Crippen molar-refractivity contribution in [2.75, 3.05) is 0 Å². The zero-order valence-electron chi connectivity index (χ0n) is 15.7. The Balaban J connectivity index is 1.82. The summed E-state index contributed by atoms with van der Waals surface area (Å²) in [7, 11) is 0. The Labute approximate surface area is 156 Å². The van der Waals surface area contributed by atoms with Crippen molar-refractivity contribution in [1.82, 2.24) is 0 Å². The highest BCUT2D eigenvalue weighted by Crippen LogP contribution is 2.39. The summed E-state index contributed by atoms with van der Waals surface area (Å²) in [5.41, 5.74) is 0.717. The normalized spacial score (nSPS) is 27.3. The van der Waals surface area contributed by atoms with Crippen LogP contribution in [0.4, 0.5) is 4.39 Å². The zero-order chi connectivity index (χ0) is 18.9. The number of rotatable bonds is 10. The fourth-order valence-electron chi connectivity index (χ4n) is 4.08. The summed E-state index contributed by atoms with van der Waals surface area (Å²) < 4.78 is 13.2. The Bertz CT molecular complexity index is 560. The molecule has 1 aliphatic rings. The van der Waals surface area contributed by atoms with Crippen molar-refractivity contribution < 1.29 is 19.7 Å². The second-order valence-electron chi connectivity index (χ2n) is 7.61. The van der Waals surface area contributed by atoms with Crippen LogP contribution in [0.25, 0.3) is 6.08 Å². The Morgan fingerprint density at radius 3 is 2.54 bits per heavy atom. The maximum absolute atomic E-state index is 13.2. The van der Waals surface area contributed by atoms with Crippen molar-refractivity contribution in [2.24, 2.45) is 11.8 Å². The van der Waals surface area contributed by atoms with E-state index in [9.17, 15) is 19.7 Å². The first-order valence-electron chi connectivity index (χ1n) is 9.99. The van der Waals surface area contributed by atoms with Crippen LogP contribution in [0.15, 0.2) is 30.3 Å². The maximum Gasteiger partial charge on any atom is 0.123 e. The van der Waals surface area contributed by atoms with E-state index in [4.69, 9.17) is 0 Å². The van der Waals surface area contributed by atoms with Gasteiger partial charge in [-0.1, -0.05) is 56.9 Å².